The van der Waals surface area contributed by atoms with Crippen LogP contribution >= 0.6 is 0 Å². The number of benzene rings is 1. The second-order valence-electron chi connectivity index (χ2n) is 4.29. The normalized spacial score (nSPS) is 11.2. The topological polar surface area (TPSA) is 65.2 Å². The number of carbonyl (C=O) groups excluding carboxylic acids is 1. The van der Waals surface area contributed by atoms with Crippen LogP contribution in [0.25, 0.3) is 0 Å². The molecule has 4 nitrogen and oxygen atoms in total. The number of hydrogen-bond acceptors (Lipinski definition) is 4. The lowest BCUT2D eigenvalue weighted by Gasteiger charge is -2.11. The van der Waals surface area contributed by atoms with Crippen LogP contribution in [-0.4, -0.2) is 10.8 Å². The molecule has 110 valence electrons. The molecule has 0 amide bonds. The molecule has 2 N–H and O–H groups in total. The average Bonchev–Trinajstić information content (AvgIpc) is 2.40. The lowest BCUT2D eigenvalue weighted by Crippen LogP contribution is -2.06. The van der Waals surface area contributed by atoms with Crippen LogP contribution in [-0.2, 0) is 6.18 Å². The fourth-order valence-corrected chi connectivity index (χ4v) is 1.67. The summed E-state index contributed by atoms with van der Waals surface area (Å²) in [7, 11) is 0. The maximum absolute atomic E-state index is 12.6. The molecule has 0 saturated heterocycles. The Balaban J connectivity index is 2.37. The number of pyridine rings is 1. The Morgan fingerprint density at radius 2 is 1.95 bits per heavy atom. The zero-order valence-electron chi connectivity index (χ0n) is 10.9. The summed E-state index contributed by atoms with van der Waals surface area (Å²) in [5.41, 5.74) is 5.21. The van der Waals surface area contributed by atoms with Gasteiger partial charge in [0, 0.05) is 18.0 Å². The molecule has 0 radical (unpaired) electrons. The summed E-state index contributed by atoms with van der Waals surface area (Å²) in [6.07, 6.45) is -3.51. The van der Waals surface area contributed by atoms with Gasteiger partial charge >= 0.3 is 6.18 Å². The summed E-state index contributed by atoms with van der Waals surface area (Å²) < 4.78 is 43.1. The van der Waals surface area contributed by atoms with Crippen molar-refractivity contribution in [3.63, 3.8) is 0 Å². The molecule has 0 saturated carbocycles. The quantitative estimate of drug-likeness (QED) is 0.693. The van der Waals surface area contributed by atoms with Gasteiger partial charge in [-0.05, 0) is 31.2 Å². The minimum Gasteiger partial charge on any atom is -0.438 e. The van der Waals surface area contributed by atoms with E-state index in [9.17, 15) is 18.0 Å². The highest BCUT2D eigenvalue weighted by Gasteiger charge is 2.31. The minimum atomic E-state index is -4.49. The molecule has 1 aromatic heterocycles. The summed E-state index contributed by atoms with van der Waals surface area (Å²) in [6, 6.07) is 5.89. The van der Waals surface area contributed by atoms with Crippen LogP contribution in [0.3, 0.4) is 0 Å². The Kier molecular flexibility index (Phi) is 3.84. The third-order valence-electron chi connectivity index (χ3n) is 2.66. The summed E-state index contributed by atoms with van der Waals surface area (Å²) in [5, 5.41) is 0. The fourth-order valence-electron chi connectivity index (χ4n) is 1.67. The van der Waals surface area contributed by atoms with E-state index in [1.54, 1.807) is 0 Å². The number of alkyl halides is 3. The molecule has 0 spiro atoms. The number of aromatic nitrogens is 1. The van der Waals surface area contributed by atoms with E-state index >= 15 is 0 Å². The number of rotatable bonds is 3. The van der Waals surface area contributed by atoms with Crippen LogP contribution in [0.5, 0.6) is 11.6 Å². The van der Waals surface area contributed by atoms with Gasteiger partial charge in [-0.2, -0.15) is 13.2 Å². The Morgan fingerprint density at radius 1 is 1.24 bits per heavy atom. The van der Waals surface area contributed by atoms with E-state index in [-0.39, 0.29) is 23.0 Å². The van der Waals surface area contributed by atoms with Crippen LogP contribution in [0.2, 0.25) is 0 Å². The molecule has 0 aliphatic rings. The molecule has 0 aliphatic carbocycles. The Bertz CT molecular complexity index is 684. The standard InChI is InChI=1S/C14H11F3N2O2/c1-8(20)11-7-10(18)2-3-12(11)21-13-6-9(4-5-19-13)14(15,16)17/h2-7H,18H2,1H3. The van der Waals surface area contributed by atoms with Crippen LogP contribution in [0.4, 0.5) is 18.9 Å². The smallest absolute Gasteiger partial charge is 0.416 e. The van der Waals surface area contributed by atoms with Gasteiger partial charge in [0.05, 0.1) is 11.1 Å². The first-order valence-corrected chi connectivity index (χ1v) is 5.89. The summed E-state index contributed by atoms with van der Waals surface area (Å²) >= 11 is 0. The van der Waals surface area contributed by atoms with Crippen molar-refractivity contribution in [2.24, 2.45) is 0 Å². The zero-order valence-corrected chi connectivity index (χ0v) is 10.9. The second-order valence-corrected chi connectivity index (χ2v) is 4.29. The second kappa shape index (κ2) is 5.43. The summed E-state index contributed by atoms with van der Waals surface area (Å²) in [4.78, 5) is 15.2. The molecule has 1 heterocycles. The Morgan fingerprint density at radius 3 is 2.57 bits per heavy atom. The maximum Gasteiger partial charge on any atom is 0.416 e. The lowest BCUT2D eigenvalue weighted by atomic mass is 10.1. The monoisotopic (exact) mass is 296 g/mol. The van der Waals surface area contributed by atoms with Crippen molar-refractivity contribution in [1.82, 2.24) is 4.98 Å². The van der Waals surface area contributed by atoms with Crippen LogP contribution in [0.1, 0.15) is 22.8 Å². The van der Waals surface area contributed by atoms with Gasteiger partial charge in [0.25, 0.3) is 0 Å². The van der Waals surface area contributed by atoms with Gasteiger partial charge in [-0.25, -0.2) is 4.98 Å². The van der Waals surface area contributed by atoms with Crippen molar-refractivity contribution in [3.05, 3.63) is 47.7 Å². The fraction of sp³-hybridized carbons (Fsp3) is 0.143. The van der Waals surface area contributed by atoms with E-state index in [0.717, 1.165) is 18.3 Å². The maximum atomic E-state index is 12.6. The predicted molar refractivity (Wildman–Crippen MR) is 70.2 cm³/mol. The number of nitrogens with zero attached hydrogens (tertiary/aromatic N) is 1. The first kappa shape index (κ1) is 14.8. The van der Waals surface area contributed by atoms with E-state index in [2.05, 4.69) is 4.98 Å². The number of halogens is 3. The number of nitrogens with two attached hydrogens (primary N) is 1. The highest BCUT2D eigenvalue weighted by molar-refractivity contribution is 5.97. The van der Waals surface area contributed by atoms with E-state index in [4.69, 9.17) is 10.5 Å². The van der Waals surface area contributed by atoms with Gasteiger partial charge in [0.1, 0.15) is 5.75 Å². The highest BCUT2D eigenvalue weighted by atomic mass is 19.4. The number of nitrogen functional groups attached to an aromatic ring is 1. The lowest BCUT2D eigenvalue weighted by molar-refractivity contribution is -0.137. The molecule has 0 atom stereocenters. The SMILES string of the molecule is CC(=O)c1cc(N)ccc1Oc1cc(C(F)(F)F)ccn1. The third-order valence-corrected chi connectivity index (χ3v) is 2.66. The molecule has 0 bridgehead atoms. The van der Waals surface area contributed by atoms with Crippen LogP contribution < -0.4 is 10.5 Å². The molecule has 21 heavy (non-hydrogen) atoms. The van der Waals surface area contributed by atoms with Gasteiger partial charge < -0.3 is 10.5 Å². The zero-order chi connectivity index (χ0) is 15.6. The first-order chi connectivity index (χ1) is 9.77. The van der Waals surface area contributed by atoms with Gasteiger partial charge in [-0.15, -0.1) is 0 Å². The Labute approximate surface area is 118 Å². The van der Waals surface area contributed by atoms with Crippen molar-refractivity contribution in [1.29, 1.82) is 0 Å². The van der Waals surface area contributed by atoms with Crippen molar-refractivity contribution in [2.45, 2.75) is 13.1 Å². The number of hydrogen-bond donors (Lipinski definition) is 1. The molecule has 1 aromatic carbocycles. The number of anilines is 1. The van der Waals surface area contributed by atoms with Gasteiger partial charge in [-0.3, -0.25) is 4.79 Å². The van der Waals surface area contributed by atoms with E-state index < -0.39 is 11.7 Å². The Hall–Kier alpha value is -2.57. The largest absolute Gasteiger partial charge is 0.438 e. The van der Waals surface area contributed by atoms with E-state index in [1.165, 1.54) is 25.1 Å². The van der Waals surface area contributed by atoms with Gasteiger partial charge in [-0.1, -0.05) is 0 Å². The van der Waals surface area contributed by atoms with E-state index in [1.807, 2.05) is 0 Å². The molecular formula is C14H11F3N2O2. The van der Waals surface area contributed by atoms with Crippen molar-refractivity contribution < 1.29 is 22.7 Å². The number of Topliss-reactive ketones (excluding diaryl/α,β-unsaturated/α-hetero) is 1. The molecule has 0 aliphatic heterocycles. The summed E-state index contributed by atoms with van der Waals surface area (Å²) in [6.45, 7) is 1.31. The van der Waals surface area contributed by atoms with Gasteiger partial charge in [0.2, 0.25) is 5.88 Å². The number of ether oxygens (including phenoxy) is 1. The van der Waals surface area contributed by atoms with Crippen molar-refractivity contribution >= 4 is 11.5 Å². The first-order valence-electron chi connectivity index (χ1n) is 5.89. The van der Waals surface area contributed by atoms with Crippen molar-refractivity contribution in [2.75, 3.05) is 5.73 Å². The number of ketones is 1. The molecule has 0 unspecified atom stereocenters. The van der Waals surface area contributed by atoms with Crippen LogP contribution in [0.15, 0.2) is 36.5 Å². The number of carbonyl (C=O) groups is 1. The molecule has 7 heteroatoms. The highest BCUT2D eigenvalue weighted by Crippen LogP contribution is 2.32. The third kappa shape index (κ3) is 3.50. The van der Waals surface area contributed by atoms with E-state index in [0.29, 0.717) is 5.69 Å². The van der Waals surface area contributed by atoms with Crippen molar-refractivity contribution in [3.8, 4) is 11.6 Å². The average molecular weight is 296 g/mol. The molecular weight excluding hydrogens is 285 g/mol. The molecule has 2 rings (SSSR count). The van der Waals surface area contributed by atoms with Crippen LogP contribution in [0, 0.1) is 0 Å². The minimum absolute atomic E-state index is 0.100. The summed E-state index contributed by atoms with van der Waals surface area (Å²) in [5.74, 6) is -0.468. The predicted octanol–water partition coefficient (Wildman–Crippen LogP) is 3.68. The molecule has 0 fully saturated rings. The molecule has 2 aromatic rings. The van der Waals surface area contributed by atoms with Gasteiger partial charge in [0.15, 0.2) is 5.78 Å².